The number of nitrogens with one attached hydrogen (secondary N) is 1. The van der Waals surface area contributed by atoms with Crippen molar-refractivity contribution in [1.82, 2.24) is 4.90 Å². The van der Waals surface area contributed by atoms with Crippen molar-refractivity contribution in [2.75, 3.05) is 17.8 Å². The van der Waals surface area contributed by atoms with E-state index in [9.17, 15) is 9.18 Å². The Morgan fingerprint density at radius 3 is 2.02 bits per heavy atom. The summed E-state index contributed by atoms with van der Waals surface area (Å²) < 4.78 is 20.2. The van der Waals surface area contributed by atoms with Gasteiger partial charge in [0.2, 0.25) is 5.91 Å². The number of carbonyl (C=O) groups is 1. The van der Waals surface area contributed by atoms with E-state index in [1.165, 1.54) is 88.7 Å². The third kappa shape index (κ3) is 13.3. The average Bonchev–Trinajstić information content (AvgIpc) is 3.46. The second-order valence-electron chi connectivity index (χ2n) is 11.0. The highest BCUT2D eigenvalue weighted by atomic mass is 32.2. The highest BCUT2D eigenvalue weighted by Gasteiger charge is 2.10. The lowest BCUT2D eigenvalue weighted by Gasteiger charge is -2.15. The Bertz CT molecular complexity index is 1010. The van der Waals surface area contributed by atoms with Gasteiger partial charge in [0.25, 0.3) is 0 Å². The van der Waals surface area contributed by atoms with Crippen LogP contribution in [0, 0.1) is 5.82 Å². The van der Waals surface area contributed by atoms with Crippen molar-refractivity contribution in [3.05, 3.63) is 71.0 Å². The summed E-state index contributed by atoms with van der Waals surface area (Å²) in [4.78, 5) is 14.7. The van der Waals surface area contributed by atoms with Crippen molar-refractivity contribution in [2.24, 2.45) is 0 Å². The van der Waals surface area contributed by atoms with Gasteiger partial charge in [-0.05, 0) is 47.2 Å². The van der Waals surface area contributed by atoms with Crippen molar-refractivity contribution in [1.29, 1.82) is 0 Å². The topological polar surface area (TPSA) is 41.6 Å². The molecule has 0 fully saturated rings. The van der Waals surface area contributed by atoms with Crippen LogP contribution >= 0.6 is 11.8 Å². The van der Waals surface area contributed by atoms with Crippen LogP contribution in [0.15, 0.2) is 54.1 Å². The standard InChI is InChI=1S/C34H49FN2O2S/c1-2-3-4-5-6-7-8-9-10-11-12-13-14-15-23-39-33-21-18-30(25-32(33)35)26-34(38)36-31-19-16-29(17-20-31)27-37-22-24-40-28-37/h16-22,24-25H,2-15,23,26-28H2,1H3,(H,36,38). The van der Waals surface area contributed by atoms with E-state index in [0.29, 0.717) is 12.2 Å². The Labute approximate surface area is 246 Å². The predicted octanol–water partition coefficient (Wildman–Crippen LogP) is 9.84. The maximum atomic E-state index is 14.6. The monoisotopic (exact) mass is 568 g/mol. The van der Waals surface area contributed by atoms with E-state index in [0.717, 1.165) is 31.0 Å². The first-order valence-corrected chi connectivity index (χ1v) is 16.5. The number of nitrogens with zero attached hydrogens (tertiary/aromatic N) is 1. The molecule has 0 unspecified atom stereocenters. The normalized spacial score (nSPS) is 12.7. The molecule has 0 aliphatic carbocycles. The van der Waals surface area contributed by atoms with E-state index in [1.54, 1.807) is 23.9 Å². The number of hydrogen-bond acceptors (Lipinski definition) is 4. The van der Waals surface area contributed by atoms with Crippen LogP contribution in [0.3, 0.4) is 0 Å². The highest BCUT2D eigenvalue weighted by Crippen LogP contribution is 2.21. The summed E-state index contributed by atoms with van der Waals surface area (Å²) in [5, 5.41) is 5.00. The second kappa shape index (κ2) is 19.6. The van der Waals surface area contributed by atoms with Gasteiger partial charge in [-0.1, -0.05) is 109 Å². The molecule has 0 spiro atoms. The van der Waals surface area contributed by atoms with Crippen molar-refractivity contribution < 1.29 is 13.9 Å². The number of thioether (sulfide) groups is 1. The Morgan fingerprint density at radius 2 is 1.45 bits per heavy atom. The third-order valence-electron chi connectivity index (χ3n) is 7.35. The highest BCUT2D eigenvalue weighted by molar-refractivity contribution is 8.02. The molecule has 1 N–H and O–H groups in total. The molecule has 0 radical (unpaired) electrons. The largest absolute Gasteiger partial charge is 0.491 e. The molecule has 1 aliphatic rings. The fourth-order valence-electron chi connectivity index (χ4n) is 4.98. The van der Waals surface area contributed by atoms with Crippen molar-refractivity contribution >= 4 is 23.4 Å². The molecule has 220 valence electrons. The molecule has 0 saturated heterocycles. The molecule has 1 heterocycles. The van der Waals surface area contributed by atoms with E-state index in [2.05, 4.69) is 28.7 Å². The molecular formula is C34H49FN2O2S. The quantitative estimate of drug-likeness (QED) is 0.152. The van der Waals surface area contributed by atoms with Crippen LogP contribution in [0.2, 0.25) is 0 Å². The van der Waals surface area contributed by atoms with Crippen molar-refractivity contribution in [3.8, 4) is 5.75 Å². The van der Waals surface area contributed by atoms with Crippen LogP contribution in [-0.2, 0) is 17.8 Å². The van der Waals surface area contributed by atoms with Crippen LogP contribution in [0.25, 0.3) is 0 Å². The number of rotatable bonds is 21. The molecule has 3 rings (SSSR count). The van der Waals surface area contributed by atoms with Gasteiger partial charge < -0.3 is 15.0 Å². The zero-order valence-corrected chi connectivity index (χ0v) is 25.3. The molecule has 0 bridgehead atoms. The smallest absolute Gasteiger partial charge is 0.228 e. The number of halogens is 1. The lowest BCUT2D eigenvalue weighted by Crippen LogP contribution is -2.15. The number of unbranched alkanes of at least 4 members (excludes halogenated alkanes) is 13. The molecule has 2 aromatic carbocycles. The second-order valence-corrected chi connectivity index (χ2v) is 11.8. The van der Waals surface area contributed by atoms with Crippen molar-refractivity contribution in [2.45, 2.75) is 110 Å². The van der Waals surface area contributed by atoms with Gasteiger partial charge in [-0.15, -0.1) is 11.8 Å². The molecule has 1 amide bonds. The van der Waals surface area contributed by atoms with E-state index in [-0.39, 0.29) is 18.1 Å². The van der Waals surface area contributed by atoms with Gasteiger partial charge in [-0.3, -0.25) is 4.79 Å². The summed E-state index contributed by atoms with van der Waals surface area (Å²) in [6.07, 6.45) is 20.5. The van der Waals surface area contributed by atoms with Crippen LogP contribution in [-0.4, -0.2) is 23.3 Å². The minimum Gasteiger partial charge on any atom is -0.491 e. The van der Waals surface area contributed by atoms with Crippen LogP contribution in [0.4, 0.5) is 10.1 Å². The van der Waals surface area contributed by atoms with Crippen LogP contribution in [0.1, 0.15) is 108 Å². The summed E-state index contributed by atoms with van der Waals surface area (Å²) in [5.41, 5.74) is 2.57. The first-order chi connectivity index (χ1) is 19.6. The van der Waals surface area contributed by atoms with Gasteiger partial charge in [0.05, 0.1) is 18.9 Å². The van der Waals surface area contributed by atoms with E-state index < -0.39 is 5.82 Å². The predicted molar refractivity (Wildman–Crippen MR) is 168 cm³/mol. The summed E-state index contributed by atoms with van der Waals surface area (Å²) in [6, 6.07) is 12.7. The summed E-state index contributed by atoms with van der Waals surface area (Å²) in [7, 11) is 0. The average molecular weight is 569 g/mol. The summed E-state index contributed by atoms with van der Waals surface area (Å²) in [6.45, 7) is 3.65. The van der Waals surface area contributed by atoms with E-state index in [4.69, 9.17) is 4.74 Å². The van der Waals surface area contributed by atoms with E-state index >= 15 is 0 Å². The molecule has 4 nitrogen and oxygen atoms in total. The maximum Gasteiger partial charge on any atom is 0.228 e. The number of carbonyl (C=O) groups excluding carboxylic acids is 1. The fraction of sp³-hybridized carbons (Fsp3) is 0.559. The molecule has 0 atom stereocenters. The SMILES string of the molecule is CCCCCCCCCCCCCCCCOc1ccc(CC(=O)Nc2ccc(CN3C=CSC3)cc2)cc1F. The molecule has 0 aromatic heterocycles. The zero-order chi connectivity index (χ0) is 28.3. The van der Waals surface area contributed by atoms with Crippen molar-refractivity contribution in [3.63, 3.8) is 0 Å². The summed E-state index contributed by atoms with van der Waals surface area (Å²) >= 11 is 1.78. The minimum absolute atomic E-state index is 0.119. The number of amides is 1. The maximum absolute atomic E-state index is 14.6. The molecule has 6 heteroatoms. The first kappa shape index (κ1) is 32.0. The zero-order valence-electron chi connectivity index (χ0n) is 24.5. The lowest BCUT2D eigenvalue weighted by molar-refractivity contribution is -0.115. The van der Waals surface area contributed by atoms with Crippen LogP contribution in [0.5, 0.6) is 5.75 Å². The Kier molecular flexibility index (Phi) is 15.7. The van der Waals surface area contributed by atoms with Crippen LogP contribution < -0.4 is 10.1 Å². The number of benzene rings is 2. The fourth-order valence-corrected chi connectivity index (χ4v) is 5.69. The number of ether oxygens (including phenoxy) is 1. The first-order valence-electron chi connectivity index (χ1n) is 15.5. The molecule has 2 aromatic rings. The van der Waals surface area contributed by atoms with Gasteiger partial charge in [0.1, 0.15) is 0 Å². The number of anilines is 1. The Hall–Kier alpha value is -2.47. The third-order valence-corrected chi connectivity index (χ3v) is 8.14. The molecule has 40 heavy (non-hydrogen) atoms. The molecule has 0 saturated carbocycles. The Morgan fingerprint density at radius 1 is 0.850 bits per heavy atom. The van der Waals surface area contributed by atoms with Gasteiger partial charge in [0.15, 0.2) is 11.6 Å². The Balaban J connectivity index is 1.22. The number of hydrogen-bond donors (Lipinski definition) is 1. The van der Waals surface area contributed by atoms with Gasteiger partial charge in [-0.2, -0.15) is 0 Å². The summed E-state index contributed by atoms with van der Waals surface area (Å²) in [5.74, 6) is 0.662. The van der Waals surface area contributed by atoms with Gasteiger partial charge in [0, 0.05) is 18.4 Å². The minimum atomic E-state index is -0.408. The van der Waals surface area contributed by atoms with Gasteiger partial charge >= 0.3 is 0 Å². The lowest BCUT2D eigenvalue weighted by atomic mass is 10.0. The van der Waals surface area contributed by atoms with E-state index in [1.807, 2.05) is 24.3 Å². The molecule has 1 aliphatic heterocycles. The van der Waals surface area contributed by atoms with Gasteiger partial charge in [-0.25, -0.2) is 4.39 Å². The molecular weight excluding hydrogens is 519 g/mol.